The van der Waals surface area contributed by atoms with Crippen LogP contribution < -0.4 is 5.32 Å². The van der Waals surface area contributed by atoms with E-state index in [1.165, 1.54) is 0 Å². The maximum atomic E-state index is 13.2. The summed E-state index contributed by atoms with van der Waals surface area (Å²) in [5, 5.41) is 13.0. The molecule has 32 heavy (non-hydrogen) atoms. The first kappa shape index (κ1) is 23.5. The second-order valence-electron chi connectivity index (χ2n) is 8.21. The number of amides is 2. The van der Waals surface area contributed by atoms with Crippen molar-refractivity contribution in [3.63, 3.8) is 0 Å². The molecule has 2 aromatic carbocycles. The van der Waals surface area contributed by atoms with Gasteiger partial charge < -0.3 is 10.1 Å². The molecule has 7 nitrogen and oxygen atoms in total. The molecule has 0 aromatic heterocycles. The minimum atomic E-state index is -0.854. The van der Waals surface area contributed by atoms with Gasteiger partial charge in [-0.3, -0.25) is 14.8 Å². The molecule has 2 N–H and O–H groups in total. The van der Waals surface area contributed by atoms with Crippen LogP contribution in [0.4, 0.5) is 0 Å². The lowest BCUT2D eigenvalue weighted by Gasteiger charge is -2.24. The standard InChI is InChI=1S/C25H30N2O5/c28-18-27(31)17-21(15-19-9-3-1-4-10-19)24(29)26-23(16-20-11-5-2-6-12-20)25(30)32-22-13-7-8-14-22/h1-6,9-12,18,21-23,31H,7-8,13-17H2,(H,26,29)/t21?,23-/m0/s1. The summed E-state index contributed by atoms with van der Waals surface area (Å²) in [7, 11) is 0. The minimum absolute atomic E-state index is 0.110. The zero-order valence-corrected chi connectivity index (χ0v) is 18.1. The van der Waals surface area contributed by atoms with Gasteiger partial charge in [-0.25, -0.2) is 9.86 Å². The number of ether oxygens (including phenoxy) is 1. The quantitative estimate of drug-likeness (QED) is 0.243. The fraction of sp³-hybridized carbons (Fsp3) is 0.400. The van der Waals surface area contributed by atoms with Crippen molar-refractivity contribution >= 4 is 18.3 Å². The molecule has 2 aromatic rings. The molecule has 0 spiro atoms. The summed E-state index contributed by atoms with van der Waals surface area (Å²) in [5.41, 5.74) is 1.79. The lowest BCUT2D eigenvalue weighted by molar-refractivity contribution is -0.157. The molecule has 1 unspecified atom stereocenters. The lowest BCUT2D eigenvalue weighted by Crippen LogP contribution is -2.48. The number of nitrogens with zero attached hydrogens (tertiary/aromatic N) is 1. The van der Waals surface area contributed by atoms with Crippen molar-refractivity contribution in [3.8, 4) is 0 Å². The summed E-state index contributed by atoms with van der Waals surface area (Å²) >= 11 is 0. The molecule has 3 rings (SSSR count). The molecule has 0 saturated heterocycles. The summed E-state index contributed by atoms with van der Waals surface area (Å²) < 4.78 is 5.68. The third-order valence-corrected chi connectivity index (χ3v) is 5.69. The van der Waals surface area contributed by atoms with E-state index in [1.807, 2.05) is 60.7 Å². The van der Waals surface area contributed by atoms with Crippen LogP contribution in [0.25, 0.3) is 0 Å². The van der Waals surface area contributed by atoms with Crippen LogP contribution in [0.3, 0.4) is 0 Å². The van der Waals surface area contributed by atoms with Gasteiger partial charge >= 0.3 is 5.97 Å². The Hall–Kier alpha value is -3.19. The smallest absolute Gasteiger partial charge is 0.329 e. The molecule has 1 aliphatic rings. The van der Waals surface area contributed by atoms with Gasteiger partial charge in [-0.05, 0) is 43.2 Å². The van der Waals surface area contributed by atoms with E-state index in [-0.39, 0.29) is 19.1 Å². The number of hydroxylamine groups is 2. The van der Waals surface area contributed by atoms with Gasteiger partial charge in [-0.15, -0.1) is 0 Å². The summed E-state index contributed by atoms with van der Waals surface area (Å²) in [5.74, 6) is -1.60. The number of carbonyl (C=O) groups is 3. The highest BCUT2D eigenvalue weighted by atomic mass is 16.5. The number of benzene rings is 2. The van der Waals surface area contributed by atoms with E-state index in [1.54, 1.807) is 0 Å². The zero-order chi connectivity index (χ0) is 22.8. The fourth-order valence-electron chi connectivity index (χ4n) is 3.99. The van der Waals surface area contributed by atoms with Crippen LogP contribution in [0, 0.1) is 5.92 Å². The van der Waals surface area contributed by atoms with Gasteiger partial charge in [0, 0.05) is 6.42 Å². The average molecular weight is 439 g/mol. The molecule has 170 valence electrons. The monoisotopic (exact) mass is 438 g/mol. The Morgan fingerprint density at radius 3 is 2.12 bits per heavy atom. The summed E-state index contributed by atoms with van der Waals surface area (Å²) in [6.07, 6.45) is 4.51. The van der Waals surface area contributed by atoms with E-state index in [0.717, 1.165) is 36.8 Å². The second kappa shape index (κ2) is 12.0. The minimum Gasteiger partial charge on any atom is -0.461 e. The van der Waals surface area contributed by atoms with Crippen LogP contribution in [0.15, 0.2) is 60.7 Å². The lowest BCUT2D eigenvalue weighted by atomic mass is 9.97. The maximum Gasteiger partial charge on any atom is 0.329 e. The van der Waals surface area contributed by atoms with E-state index in [9.17, 15) is 19.6 Å². The molecule has 0 bridgehead atoms. The molecule has 2 amide bonds. The normalized spacial score (nSPS) is 15.5. The Labute approximate surface area is 188 Å². The molecular weight excluding hydrogens is 408 g/mol. The van der Waals surface area contributed by atoms with Crippen LogP contribution in [0.2, 0.25) is 0 Å². The summed E-state index contributed by atoms with van der Waals surface area (Å²) in [6.45, 7) is -0.181. The first-order valence-corrected chi connectivity index (χ1v) is 11.0. The molecule has 7 heteroatoms. The van der Waals surface area contributed by atoms with E-state index in [0.29, 0.717) is 17.9 Å². The van der Waals surface area contributed by atoms with E-state index < -0.39 is 23.8 Å². The molecule has 1 saturated carbocycles. The molecule has 0 heterocycles. The van der Waals surface area contributed by atoms with Crippen LogP contribution in [0.1, 0.15) is 36.8 Å². The van der Waals surface area contributed by atoms with Crippen LogP contribution in [0.5, 0.6) is 0 Å². The third kappa shape index (κ3) is 7.20. The number of esters is 1. The van der Waals surface area contributed by atoms with Gasteiger partial charge in [-0.1, -0.05) is 60.7 Å². The Kier molecular flexibility index (Phi) is 8.80. The number of rotatable bonds is 11. The number of hydrogen-bond donors (Lipinski definition) is 2. The van der Waals surface area contributed by atoms with Crippen LogP contribution in [-0.4, -0.2) is 47.2 Å². The summed E-state index contributed by atoms with van der Waals surface area (Å²) in [4.78, 5) is 37.1. The van der Waals surface area contributed by atoms with Crippen molar-refractivity contribution < 1.29 is 24.3 Å². The predicted octanol–water partition coefficient (Wildman–Crippen LogP) is 2.91. The van der Waals surface area contributed by atoms with Gasteiger partial charge in [-0.2, -0.15) is 0 Å². The van der Waals surface area contributed by atoms with Gasteiger partial charge in [0.15, 0.2) is 0 Å². The zero-order valence-electron chi connectivity index (χ0n) is 18.1. The predicted molar refractivity (Wildman–Crippen MR) is 119 cm³/mol. The van der Waals surface area contributed by atoms with Crippen LogP contribution >= 0.6 is 0 Å². The fourth-order valence-corrected chi connectivity index (χ4v) is 3.99. The molecule has 1 aliphatic carbocycles. The average Bonchev–Trinajstić information content (AvgIpc) is 3.32. The van der Waals surface area contributed by atoms with Crippen molar-refractivity contribution in [2.45, 2.75) is 50.7 Å². The first-order valence-electron chi connectivity index (χ1n) is 11.0. The van der Waals surface area contributed by atoms with Gasteiger partial charge in [0.1, 0.15) is 12.1 Å². The second-order valence-corrected chi connectivity index (χ2v) is 8.21. The van der Waals surface area contributed by atoms with Crippen molar-refractivity contribution in [1.29, 1.82) is 0 Å². The van der Waals surface area contributed by atoms with Crippen LogP contribution in [-0.2, 0) is 32.0 Å². The number of carbonyl (C=O) groups excluding carboxylic acids is 3. The van der Waals surface area contributed by atoms with E-state index in [2.05, 4.69) is 5.32 Å². The molecule has 0 aliphatic heterocycles. The van der Waals surface area contributed by atoms with Crippen molar-refractivity contribution in [1.82, 2.24) is 10.4 Å². The first-order chi connectivity index (χ1) is 15.5. The maximum absolute atomic E-state index is 13.2. The van der Waals surface area contributed by atoms with Crippen molar-refractivity contribution in [3.05, 3.63) is 71.8 Å². The largest absolute Gasteiger partial charge is 0.461 e. The Morgan fingerprint density at radius 2 is 1.56 bits per heavy atom. The van der Waals surface area contributed by atoms with Gasteiger partial charge in [0.2, 0.25) is 12.3 Å². The van der Waals surface area contributed by atoms with Crippen molar-refractivity contribution in [2.75, 3.05) is 6.54 Å². The summed E-state index contributed by atoms with van der Waals surface area (Å²) in [6, 6.07) is 17.9. The number of nitrogens with one attached hydrogen (secondary N) is 1. The Morgan fingerprint density at radius 1 is 1.00 bits per heavy atom. The van der Waals surface area contributed by atoms with E-state index in [4.69, 9.17) is 4.74 Å². The molecule has 0 radical (unpaired) electrons. The highest BCUT2D eigenvalue weighted by Gasteiger charge is 2.30. The highest BCUT2D eigenvalue weighted by Crippen LogP contribution is 2.22. The Bertz CT molecular complexity index is 868. The Balaban J connectivity index is 1.74. The van der Waals surface area contributed by atoms with Gasteiger partial charge in [0.05, 0.1) is 12.5 Å². The molecule has 2 atom stereocenters. The number of hydrogen-bond acceptors (Lipinski definition) is 5. The van der Waals surface area contributed by atoms with Crippen molar-refractivity contribution in [2.24, 2.45) is 5.92 Å². The topological polar surface area (TPSA) is 95.9 Å². The molecule has 1 fully saturated rings. The van der Waals surface area contributed by atoms with Gasteiger partial charge in [0.25, 0.3) is 0 Å². The van der Waals surface area contributed by atoms with E-state index >= 15 is 0 Å². The third-order valence-electron chi connectivity index (χ3n) is 5.69. The molecular formula is C25H30N2O5. The highest BCUT2D eigenvalue weighted by molar-refractivity contribution is 5.86. The SMILES string of the molecule is O=CN(O)CC(Cc1ccccc1)C(=O)N[C@@H](Cc1ccccc1)C(=O)OC1CCCC1.